The van der Waals surface area contributed by atoms with Crippen molar-refractivity contribution in [2.75, 3.05) is 13.1 Å². The van der Waals surface area contributed by atoms with Crippen LogP contribution in [0.25, 0.3) is 0 Å². The van der Waals surface area contributed by atoms with Crippen molar-refractivity contribution in [1.29, 1.82) is 5.41 Å². The standard InChI is InChI=1S/C11H20N4O/c1-7-8(15-11(12)10(7)16)3-2-4-9-13-5-6-14-9/h7-8,10,16H,2-6H2,1H3,(H2,12,15)(H,13,14)/t7-,8+,10-/m0/s1. The fraction of sp³-hybridized carbons (Fsp3) is 0.818. The molecule has 1 fully saturated rings. The topological polar surface area (TPSA) is 80.5 Å². The number of aliphatic hydroxyl groups is 1. The minimum atomic E-state index is -0.605. The number of aliphatic hydroxyl groups excluding tert-OH is 1. The van der Waals surface area contributed by atoms with E-state index in [1.54, 1.807) is 0 Å². The Hall–Kier alpha value is -1.10. The number of nitrogens with zero attached hydrogens (tertiary/aromatic N) is 1. The molecule has 2 aliphatic heterocycles. The zero-order chi connectivity index (χ0) is 11.5. The van der Waals surface area contributed by atoms with Gasteiger partial charge in [-0.05, 0) is 12.8 Å². The Bertz CT molecular complexity index is 302. The van der Waals surface area contributed by atoms with E-state index in [1.807, 2.05) is 6.92 Å². The van der Waals surface area contributed by atoms with Gasteiger partial charge < -0.3 is 15.7 Å². The second-order valence-corrected chi connectivity index (χ2v) is 4.62. The molecule has 0 aromatic carbocycles. The molecule has 0 unspecified atom stereocenters. The van der Waals surface area contributed by atoms with Crippen molar-refractivity contribution in [2.45, 2.75) is 38.3 Å². The minimum absolute atomic E-state index is 0.144. The van der Waals surface area contributed by atoms with Crippen molar-refractivity contribution in [3.63, 3.8) is 0 Å². The number of hydrogen-bond donors (Lipinski definition) is 4. The van der Waals surface area contributed by atoms with Crippen molar-refractivity contribution >= 4 is 11.7 Å². The van der Waals surface area contributed by atoms with Crippen LogP contribution in [0.4, 0.5) is 0 Å². The van der Waals surface area contributed by atoms with Crippen LogP contribution in [0.2, 0.25) is 0 Å². The molecule has 2 rings (SSSR count). The lowest BCUT2D eigenvalue weighted by Gasteiger charge is -2.15. The maximum atomic E-state index is 9.62. The third-order valence-electron chi connectivity index (χ3n) is 3.44. The van der Waals surface area contributed by atoms with E-state index in [0.29, 0.717) is 0 Å². The third-order valence-corrected chi connectivity index (χ3v) is 3.44. The molecule has 90 valence electrons. The van der Waals surface area contributed by atoms with Gasteiger partial charge in [0, 0.05) is 24.9 Å². The number of rotatable bonds is 4. The summed E-state index contributed by atoms with van der Waals surface area (Å²) >= 11 is 0. The van der Waals surface area contributed by atoms with E-state index >= 15 is 0 Å². The molecule has 0 spiro atoms. The molecule has 0 radical (unpaired) electrons. The Morgan fingerprint density at radius 2 is 2.38 bits per heavy atom. The van der Waals surface area contributed by atoms with Crippen LogP contribution in [0.1, 0.15) is 26.2 Å². The Morgan fingerprint density at radius 1 is 1.56 bits per heavy atom. The van der Waals surface area contributed by atoms with Gasteiger partial charge in [0.2, 0.25) is 0 Å². The van der Waals surface area contributed by atoms with Gasteiger partial charge in [0.25, 0.3) is 0 Å². The van der Waals surface area contributed by atoms with Gasteiger partial charge >= 0.3 is 0 Å². The van der Waals surface area contributed by atoms with Gasteiger partial charge in [-0.3, -0.25) is 10.4 Å². The molecule has 2 heterocycles. The highest BCUT2D eigenvalue weighted by Crippen LogP contribution is 2.21. The summed E-state index contributed by atoms with van der Waals surface area (Å²) in [5.41, 5.74) is 0. The van der Waals surface area contributed by atoms with Gasteiger partial charge in [-0.1, -0.05) is 6.92 Å². The van der Waals surface area contributed by atoms with Crippen LogP contribution in [0.3, 0.4) is 0 Å². The lowest BCUT2D eigenvalue weighted by atomic mass is 9.96. The molecule has 3 atom stereocenters. The van der Waals surface area contributed by atoms with Gasteiger partial charge in [0.15, 0.2) is 0 Å². The molecule has 4 N–H and O–H groups in total. The first-order valence-corrected chi connectivity index (χ1v) is 5.98. The molecular weight excluding hydrogens is 204 g/mol. The van der Waals surface area contributed by atoms with Crippen molar-refractivity contribution < 1.29 is 5.11 Å². The smallest absolute Gasteiger partial charge is 0.123 e. The maximum Gasteiger partial charge on any atom is 0.123 e. The van der Waals surface area contributed by atoms with E-state index in [0.717, 1.165) is 38.2 Å². The average Bonchev–Trinajstić information content (AvgIpc) is 2.85. The highest BCUT2D eigenvalue weighted by Gasteiger charge is 2.34. The van der Waals surface area contributed by atoms with Crippen molar-refractivity contribution in [3.05, 3.63) is 0 Å². The maximum absolute atomic E-state index is 9.62. The summed E-state index contributed by atoms with van der Waals surface area (Å²) in [7, 11) is 0. The largest absolute Gasteiger partial charge is 0.385 e. The molecule has 2 aliphatic rings. The summed E-state index contributed by atoms with van der Waals surface area (Å²) in [5, 5.41) is 23.4. The summed E-state index contributed by atoms with van der Waals surface area (Å²) in [6, 6.07) is 0.240. The van der Waals surface area contributed by atoms with Crippen LogP contribution < -0.4 is 10.6 Å². The first-order chi connectivity index (χ1) is 7.68. The highest BCUT2D eigenvalue weighted by atomic mass is 16.3. The van der Waals surface area contributed by atoms with Gasteiger partial charge in [-0.2, -0.15) is 0 Å². The summed E-state index contributed by atoms with van der Waals surface area (Å²) in [4.78, 5) is 4.34. The number of hydrogen-bond acceptors (Lipinski definition) is 4. The van der Waals surface area contributed by atoms with Gasteiger partial charge in [-0.25, -0.2) is 0 Å². The predicted molar refractivity (Wildman–Crippen MR) is 64.0 cm³/mol. The molecule has 16 heavy (non-hydrogen) atoms. The van der Waals surface area contributed by atoms with E-state index in [-0.39, 0.29) is 17.8 Å². The van der Waals surface area contributed by atoms with Gasteiger partial charge in [0.1, 0.15) is 11.9 Å². The Kier molecular flexibility index (Phi) is 3.43. The van der Waals surface area contributed by atoms with Gasteiger partial charge in [-0.15, -0.1) is 0 Å². The molecule has 0 amide bonds. The Morgan fingerprint density at radius 3 is 2.94 bits per heavy atom. The first kappa shape index (κ1) is 11.4. The molecule has 0 saturated carbocycles. The summed E-state index contributed by atoms with van der Waals surface area (Å²) in [5.74, 6) is 1.53. The first-order valence-electron chi connectivity index (χ1n) is 5.98. The molecular formula is C11H20N4O. The second-order valence-electron chi connectivity index (χ2n) is 4.62. The summed E-state index contributed by atoms with van der Waals surface area (Å²) in [6.45, 7) is 3.86. The predicted octanol–water partition coefficient (Wildman–Crippen LogP) is 0.104. The number of nitrogens with one attached hydrogen (secondary N) is 3. The van der Waals surface area contributed by atoms with Crippen LogP contribution >= 0.6 is 0 Å². The quantitative estimate of drug-likeness (QED) is 0.547. The van der Waals surface area contributed by atoms with E-state index in [1.165, 1.54) is 0 Å². The molecule has 5 heteroatoms. The minimum Gasteiger partial charge on any atom is -0.385 e. The van der Waals surface area contributed by atoms with E-state index in [9.17, 15) is 5.11 Å². The molecule has 1 saturated heterocycles. The van der Waals surface area contributed by atoms with E-state index in [2.05, 4.69) is 15.6 Å². The van der Waals surface area contributed by atoms with Crippen molar-refractivity contribution in [2.24, 2.45) is 10.9 Å². The zero-order valence-electron chi connectivity index (χ0n) is 9.66. The fourth-order valence-electron chi connectivity index (χ4n) is 2.34. The average molecular weight is 224 g/mol. The zero-order valence-corrected chi connectivity index (χ0v) is 9.66. The van der Waals surface area contributed by atoms with Crippen molar-refractivity contribution in [3.8, 4) is 0 Å². The normalized spacial score (nSPS) is 33.5. The van der Waals surface area contributed by atoms with Crippen LogP contribution in [0.5, 0.6) is 0 Å². The van der Waals surface area contributed by atoms with Crippen LogP contribution in [-0.2, 0) is 0 Å². The van der Waals surface area contributed by atoms with Gasteiger partial charge in [0.05, 0.1) is 12.4 Å². The lowest BCUT2D eigenvalue weighted by Crippen LogP contribution is -2.28. The summed E-state index contributed by atoms with van der Waals surface area (Å²) < 4.78 is 0. The van der Waals surface area contributed by atoms with Crippen LogP contribution in [-0.4, -0.2) is 42.0 Å². The monoisotopic (exact) mass is 224 g/mol. The van der Waals surface area contributed by atoms with Crippen molar-refractivity contribution in [1.82, 2.24) is 10.6 Å². The Labute approximate surface area is 95.9 Å². The second kappa shape index (κ2) is 4.82. The SMILES string of the molecule is C[C@@H]1[C@H](O)C(=N)N[C@@H]1CCCC1=NCCN1. The summed E-state index contributed by atoms with van der Waals surface area (Å²) in [6.07, 6.45) is 2.41. The fourth-order valence-corrected chi connectivity index (χ4v) is 2.34. The van der Waals surface area contributed by atoms with Crippen LogP contribution in [0.15, 0.2) is 4.99 Å². The lowest BCUT2D eigenvalue weighted by molar-refractivity contribution is 0.180. The highest BCUT2D eigenvalue weighted by molar-refractivity contribution is 5.86. The molecule has 0 aliphatic carbocycles. The number of aliphatic imine (C=N–C) groups is 1. The molecule has 0 aromatic heterocycles. The Balaban J connectivity index is 1.72. The van der Waals surface area contributed by atoms with E-state index < -0.39 is 6.10 Å². The molecule has 5 nitrogen and oxygen atoms in total. The van der Waals surface area contributed by atoms with Crippen LogP contribution in [0, 0.1) is 11.3 Å². The molecule has 0 aromatic rings. The third kappa shape index (κ3) is 2.35. The van der Waals surface area contributed by atoms with E-state index in [4.69, 9.17) is 5.41 Å². The number of amidine groups is 2. The molecule has 0 bridgehead atoms.